The lowest BCUT2D eigenvalue weighted by atomic mass is 9.89. The van der Waals surface area contributed by atoms with E-state index in [1.54, 1.807) is 6.08 Å². The fourth-order valence-corrected chi connectivity index (χ4v) is 3.69. The first kappa shape index (κ1) is 16.3. The number of allylic oxidation sites excluding steroid dienone is 1. The zero-order valence-corrected chi connectivity index (χ0v) is 14.2. The largest absolute Gasteiger partial charge is 0.323 e. The van der Waals surface area contributed by atoms with Gasteiger partial charge in [0.15, 0.2) is 0 Å². The summed E-state index contributed by atoms with van der Waals surface area (Å²) in [5.74, 6) is 0.597. The van der Waals surface area contributed by atoms with Crippen molar-refractivity contribution in [3.8, 4) is 0 Å². The lowest BCUT2D eigenvalue weighted by Gasteiger charge is -2.27. The Morgan fingerprint density at radius 1 is 1.26 bits per heavy atom. The molecule has 1 amide bonds. The van der Waals surface area contributed by atoms with Gasteiger partial charge in [0.2, 0.25) is 5.91 Å². The molecule has 3 heteroatoms. The predicted octanol–water partition coefficient (Wildman–Crippen LogP) is 4.14. The van der Waals surface area contributed by atoms with Gasteiger partial charge in [-0.1, -0.05) is 38.3 Å². The van der Waals surface area contributed by atoms with Gasteiger partial charge in [-0.15, -0.1) is 0 Å². The van der Waals surface area contributed by atoms with Crippen molar-refractivity contribution in [2.24, 2.45) is 5.92 Å². The van der Waals surface area contributed by atoms with Crippen molar-refractivity contribution in [3.05, 3.63) is 41.5 Å². The Balaban J connectivity index is 1.57. The molecule has 0 bridgehead atoms. The molecule has 23 heavy (non-hydrogen) atoms. The molecule has 124 valence electrons. The number of nitrogens with one attached hydrogen (secondary N) is 1. The third-order valence-electron chi connectivity index (χ3n) is 5.18. The highest BCUT2D eigenvalue weighted by molar-refractivity contribution is 5.99. The van der Waals surface area contributed by atoms with Crippen molar-refractivity contribution in [2.75, 3.05) is 18.4 Å². The van der Waals surface area contributed by atoms with Crippen molar-refractivity contribution in [2.45, 2.75) is 52.0 Å². The number of amides is 1. The zero-order valence-electron chi connectivity index (χ0n) is 14.2. The van der Waals surface area contributed by atoms with Crippen molar-refractivity contribution in [1.82, 2.24) is 4.90 Å². The molecule has 1 aromatic rings. The topological polar surface area (TPSA) is 32.3 Å². The van der Waals surface area contributed by atoms with Crippen LogP contribution >= 0.6 is 0 Å². The molecule has 0 spiro atoms. The first-order valence-electron chi connectivity index (χ1n) is 9.08. The normalized spacial score (nSPS) is 19.7. The van der Waals surface area contributed by atoms with Crippen LogP contribution in [0.4, 0.5) is 5.69 Å². The van der Waals surface area contributed by atoms with Crippen LogP contribution in [-0.2, 0) is 17.8 Å². The quantitative estimate of drug-likeness (QED) is 0.848. The molecule has 1 aliphatic carbocycles. The Morgan fingerprint density at radius 3 is 2.87 bits per heavy atom. The number of hydrogen-bond donors (Lipinski definition) is 1. The zero-order chi connectivity index (χ0) is 16.1. The summed E-state index contributed by atoms with van der Waals surface area (Å²) >= 11 is 0. The minimum Gasteiger partial charge on any atom is -0.323 e. The third kappa shape index (κ3) is 4.44. The van der Waals surface area contributed by atoms with E-state index < -0.39 is 0 Å². The van der Waals surface area contributed by atoms with Crippen LogP contribution in [0.3, 0.4) is 0 Å². The minimum atomic E-state index is 0.00141. The Hall–Kier alpha value is -1.61. The highest BCUT2D eigenvalue weighted by atomic mass is 16.1. The molecule has 2 aliphatic rings. The summed E-state index contributed by atoms with van der Waals surface area (Å²) in [7, 11) is 0. The molecule has 1 saturated carbocycles. The lowest BCUT2D eigenvalue weighted by Crippen LogP contribution is -2.30. The van der Waals surface area contributed by atoms with Gasteiger partial charge in [0, 0.05) is 18.8 Å². The van der Waals surface area contributed by atoms with E-state index in [0.717, 1.165) is 31.7 Å². The summed E-state index contributed by atoms with van der Waals surface area (Å²) in [5, 5.41) is 3.02. The number of hydrogen-bond acceptors (Lipinski definition) is 2. The van der Waals surface area contributed by atoms with Crippen LogP contribution in [0, 0.1) is 5.92 Å². The standard InChI is InChI=1S/C20H28N2O/c1-2-22-13-12-17-14-19(10-9-18(17)15-22)21-20(23)11-8-16-6-4-3-5-7-16/h8-11,14,16H,2-7,12-13,15H2,1H3,(H,21,23)/b11-8+. The van der Waals surface area contributed by atoms with Gasteiger partial charge in [0.1, 0.15) is 0 Å². The highest BCUT2D eigenvalue weighted by Gasteiger charge is 2.15. The maximum absolute atomic E-state index is 12.1. The molecule has 0 unspecified atom stereocenters. The van der Waals surface area contributed by atoms with Crippen LogP contribution < -0.4 is 5.32 Å². The minimum absolute atomic E-state index is 0.00141. The van der Waals surface area contributed by atoms with Crippen molar-refractivity contribution >= 4 is 11.6 Å². The van der Waals surface area contributed by atoms with Crippen LogP contribution in [-0.4, -0.2) is 23.9 Å². The molecule has 1 aliphatic heterocycles. The molecule has 0 atom stereocenters. The summed E-state index contributed by atoms with van der Waals surface area (Å²) in [6.45, 7) is 5.45. The molecule has 1 heterocycles. The maximum Gasteiger partial charge on any atom is 0.248 e. The Bertz CT molecular complexity index is 573. The predicted molar refractivity (Wildman–Crippen MR) is 95.4 cm³/mol. The van der Waals surface area contributed by atoms with E-state index in [9.17, 15) is 4.79 Å². The second kappa shape index (κ2) is 7.78. The van der Waals surface area contributed by atoms with E-state index in [1.165, 1.54) is 43.2 Å². The number of rotatable bonds is 4. The molecular formula is C20H28N2O. The van der Waals surface area contributed by atoms with Gasteiger partial charge in [0.25, 0.3) is 0 Å². The van der Waals surface area contributed by atoms with Gasteiger partial charge in [-0.25, -0.2) is 0 Å². The second-order valence-corrected chi connectivity index (χ2v) is 6.85. The molecule has 3 rings (SSSR count). The molecule has 3 nitrogen and oxygen atoms in total. The maximum atomic E-state index is 12.1. The lowest BCUT2D eigenvalue weighted by molar-refractivity contribution is -0.111. The van der Waals surface area contributed by atoms with Crippen LogP contribution in [0.15, 0.2) is 30.4 Å². The molecule has 0 radical (unpaired) electrons. The van der Waals surface area contributed by atoms with Gasteiger partial charge < -0.3 is 5.32 Å². The summed E-state index contributed by atoms with van der Waals surface area (Å²) in [5.41, 5.74) is 3.70. The summed E-state index contributed by atoms with van der Waals surface area (Å²) in [4.78, 5) is 14.6. The Labute approximate surface area is 139 Å². The Kier molecular flexibility index (Phi) is 5.50. The fourth-order valence-electron chi connectivity index (χ4n) is 3.69. The van der Waals surface area contributed by atoms with E-state index in [1.807, 2.05) is 6.07 Å². The van der Waals surface area contributed by atoms with Gasteiger partial charge >= 0.3 is 0 Å². The van der Waals surface area contributed by atoms with E-state index >= 15 is 0 Å². The number of nitrogens with zero attached hydrogens (tertiary/aromatic N) is 1. The monoisotopic (exact) mass is 312 g/mol. The number of carbonyl (C=O) groups excluding carboxylic acids is 1. The first-order valence-corrected chi connectivity index (χ1v) is 9.08. The molecule has 0 saturated heterocycles. The highest BCUT2D eigenvalue weighted by Crippen LogP contribution is 2.25. The van der Waals surface area contributed by atoms with Gasteiger partial charge in [-0.05, 0) is 61.1 Å². The average Bonchev–Trinajstić information content (AvgIpc) is 2.60. The van der Waals surface area contributed by atoms with Crippen LogP contribution in [0.1, 0.15) is 50.2 Å². The van der Waals surface area contributed by atoms with Gasteiger partial charge in [-0.2, -0.15) is 0 Å². The summed E-state index contributed by atoms with van der Waals surface area (Å²) in [6, 6.07) is 6.34. The molecule has 1 aromatic carbocycles. The molecule has 1 fully saturated rings. The molecular weight excluding hydrogens is 284 g/mol. The van der Waals surface area contributed by atoms with Gasteiger partial charge in [0.05, 0.1) is 0 Å². The van der Waals surface area contributed by atoms with Gasteiger partial charge in [-0.3, -0.25) is 9.69 Å². The number of likely N-dealkylation sites (N-methyl/N-ethyl adjacent to an activating group) is 1. The van der Waals surface area contributed by atoms with Crippen LogP contribution in [0.25, 0.3) is 0 Å². The summed E-state index contributed by atoms with van der Waals surface area (Å²) < 4.78 is 0. The van der Waals surface area contributed by atoms with E-state index in [4.69, 9.17) is 0 Å². The molecule has 1 N–H and O–H groups in total. The van der Waals surface area contributed by atoms with Crippen LogP contribution in [0.2, 0.25) is 0 Å². The third-order valence-corrected chi connectivity index (χ3v) is 5.18. The van der Waals surface area contributed by atoms with Crippen LogP contribution in [0.5, 0.6) is 0 Å². The van der Waals surface area contributed by atoms with E-state index in [2.05, 4.69) is 35.3 Å². The number of fused-ring (bicyclic) bond motifs is 1. The summed E-state index contributed by atoms with van der Waals surface area (Å²) in [6.07, 6.45) is 11.3. The number of benzene rings is 1. The fraction of sp³-hybridized carbons (Fsp3) is 0.550. The van der Waals surface area contributed by atoms with Crippen molar-refractivity contribution in [1.29, 1.82) is 0 Å². The second-order valence-electron chi connectivity index (χ2n) is 6.85. The smallest absolute Gasteiger partial charge is 0.248 e. The van der Waals surface area contributed by atoms with Crippen molar-refractivity contribution in [3.63, 3.8) is 0 Å². The number of anilines is 1. The molecule has 0 aromatic heterocycles. The van der Waals surface area contributed by atoms with E-state index in [0.29, 0.717) is 5.92 Å². The SMILES string of the molecule is CCN1CCc2cc(NC(=O)/C=C/C3CCCCC3)ccc2C1. The van der Waals surface area contributed by atoms with Crippen molar-refractivity contribution < 1.29 is 4.79 Å². The average molecular weight is 312 g/mol. The number of carbonyl (C=O) groups is 1. The Morgan fingerprint density at radius 2 is 2.09 bits per heavy atom. The van der Waals surface area contributed by atoms with E-state index in [-0.39, 0.29) is 5.91 Å². The first-order chi connectivity index (χ1) is 11.2.